The van der Waals surface area contributed by atoms with Crippen molar-refractivity contribution in [3.05, 3.63) is 35.0 Å². The van der Waals surface area contributed by atoms with Crippen molar-refractivity contribution in [3.63, 3.8) is 0 Å². The minimum Gasteiger partial charge on any atom is -0.451 e. The number of nitrogens with one attached hydrogen (secondary N) is 1. The third kappa shape index (κ3) is 2.57. The lowest BCUT2D eigenvalue weighted by molar-refractivity contribution is 0.0903. The second-order valence-corrected chi connectivity index (χ2v) is 4.75. The zero-order valence-corrected chi connectivity index (χ0v) is 11.3. The molecule has 2 aromatic rings. The molecule has 0 amide bonds. The highest BCUT2D eigenvalue weighted by atomic mass is 35.5. The number of carbonyl (C=O) groups excluding carboxylic acids is 1. The van der Waals surface area contributed by atoms with E-state index in [0.717, 1.165) is 11.9 Å². The molecule has 0 saturated carbocycles. The van der Waals surface area contributed by atoms with Crippen molar-refractivity contribution in [2.45, 2.75) is 13.8 Å². The number of carbonyl (C=O) groups is 1. The molecule has 1 atom stereocenters. The number of rotatable bonds is 5. The fourth-order valence-corrected chi connectivity index (χ4v) is 2.07. The van der Waals surface area contributed by atoms with E-state index in [4.69, 9.17) is 16.0 Å². The Labute approximate surface area is 111 Å². The maximum absolute atomic E-state index is 12.2. The molecule has 1 heterocycles. The Morgan fingerprint density at radius 1 is 1.50 bits per heavy atom. The van der Waals surface area contributed by atoms with Gasteiger partial charge in [0.15, 0.2) is 11.3 Å². The van der Waals surface area contributed by atoms with Gasteiger partial charge >= 0.3 is 0 Å². The lowest BCUT2D eigenvalue weighted by atomic mass is 10.0. The fraction of sp³-hybridized carbons (Fsp3) is 0.357. The van der Waals surface area contributed by atoms with Gasteiger partial charge in [-0.25, -0.2) is 0 Å². The molecule has 0 radical (unpaired) electrons. The van der Waals surface area contributed by atoms with Crippen molar-refractivity contribution in [2.24, 2.45) is 5.92 Å². The van der Waals surface area contributed by atoms with Crippen molar-refractivity contribution in [1.29, 1.82) is 0 Å². The summed E-state index contributed by atoms with van der Waals surface area (Å²) in [4.78, 5) is 12.2. The van der Waals surface area contributed by atoms with E-state index in [2.05, 4.69) is 5.32 Å². The van der Waals surface area contributed by atoms with Gasteiger partial charge in [0.25, 0.3) is 0 Å². The quantitative estimate of drug-likeness (QED) is 0.841. The van der Waals surface area contributed by atoms with Crippen LogP contribution in [0.25, 0.3) is 11.0 Å². The van der Waals surface area contributed by atoms with Crippen LogP contribution in [0, 0.1) is 5.92 Å². The molecule has 0 bridgehead atoms. The molecule has 0 spiro atoms. The van der Waals surface area contributed by atoms with Gasteiger partial charge in [0, 0.05) is 17.8 Å². The number of benzene rings is 1. The monoisotopic (exact) mass is 265 g/mol. The number of hydrogen-bond acceptors (Lipinski definition) is 3. The maximum atomic E-state index is 12.2. The predicted molar refractivity (Wildman–Crippen MR) is 73.3 cm³/mol. The first-order valence-electron chi connectivity index (χ1n) is 6.06. The van der Waals surface area contributed by atoms with Crippen molar-refractivity contribution in [1.82, 2.24) is 5.32 Å². The summed E-state index contributed by atoms with van der Waals surface area (Å²) in [6.07, 6.45) is 0. The lowest BCUT2D eigenvalue weighted by Gasteiger charge is -2.08. The van der Waals surface area contributed by atoms with Gasteiger partial charge in [0.2, 0.25) is 5.78 Å². The molecule has 2 rings (SSSR count). The smallest absolute Gasteiger partial charge is 0.202 e. The summed E-state index contributed by atoms with van der Waals surface area (Å²) in [6.45, 7) is 5.40. The first kappa shape index (κ1) is 13.1. The summed E-state index contributed by atoms with van der Waals surface area (Å²) in [6, 6.07) is 7.24. The Hall–Kier alpha value is -1.32. The second-order valence-electron chi connectivity index (χ2n) is 4.34. The van der Waals surface area contributed by atoms with E-state index in [9.17, 15) is 4.79 Å². The molecule has 1 aromatic carbocycles. The molecule has 1 N–H and O–H groups in total. The molecular formula is C14H16ClNO2. The van der Waals surface area contributed by atoms with Gasteiger partial charge in [-0.3, -0.25) is 4.79 Å². The van der Waals surface area contributed by atoms with Crippen molar-refractivity contribution in [3.8, 4) is 0 Å². The number of hydrogen-bond donors (Lipinski definition) is 1. The van der Waals surface area contributed by atoms with E-state index in [-0.39, 0.29) is 11.7 Å². The van der Waals surface area contributed by atoms with Crippen LogP contribution in [0.4, 0.5) is 0 Å². The zero-order valence-electron chi connectivity index (χ0n) is 10.5. The molecule has 4 heteroatoms. The molecule has 1 aromatic heterocycles. The highest BCUT2D eigenvalue weighted by Crippen LogP contribution is 2.27. The van der Waals surface area contributed by atoms with Gasteiger partial charge < -0.3 is 9.73 Å². The molecule has 0 aliphatic heterocycles. The molecule has 0 aliphatic rings. The Kier molecular flexibility index (Phi) is 4.04. The molecule has 0 saturated heterocycles. The van der Waals surface area contributed by atoms with E-state index in [1.807, 2.05) is 26.0 Å². The second kappa shape index (κ2) is 5.55. The van der Waals surface area contributed by atoms with Gasteiger partial charge in [0.05, 0.1) is 5.02 Å². The standard InChI is InChI=1S/C14H16ClNO2/c1-3-16-8-9(2)13(17)12-7-10-5-4-6-11(15)14(10)18-12/h4-7,9,16H,3,8H2,1-2H3. The number of fused-ring (bicyclic) bond motifs is 1. The van der Waals surface area contributed by atoms with Crippen LogP contribution < -0.4 is 5.32 Å². The first-order valence-corrected chi connectivity index (χ1v) is 6.44. The molecule has 18 heavy (non-hydrogen) atoms. The number of para-hydroxylation sites is 1. The van der Waals surface area contributed by atoms with Crippen molar-refractivity contribution >= 4 is 28.4 Å². The van der Waals surface area contributed by atoms with Crippen LogP contribution in [0.1, 0.15) is 24.4 Å². The van der Waals surface area contributed by atoms with E-state index >= 15 is 0 Å². The largest absolute Gasteiger partial charge is 0.451 e. The average Bonchev–Trinajstić information content (AvgIpc) is 2.80. The first-order chi connectivity index (χ1) is 8.63. The van der Waals surface area contributed by atoms with Gasteiger partial charge in [-0.15, -0.1) is 0 Å². The van der Waals surface area contributed by atoms with Crippen molar-refractivity contribution < 1.29 is 9.21 Å². The van der Waals surface area contributed by atoms with Crippen LogP contribution in [-0.4, -0.2) is 18.9 Å². The Bertz CT molecular complexity index is 562. The summed E-state index contributed by atoms with van der Waals surface area (Å²) in [5, 5.41) is 4.55. The van der Waals surface area contributed by atoms with Crippen molar-refractivity contribution in [2.75, 3.05) is 13.1 Å². The summed E-state index contributed by atoms with van der Waals surface area (Å²) in [5.41, 5.74) is 0.582. The van der Waals surface area contributed by atoms with Crippen LogP contribution in [0.2, 0.25) is 5.02 Å². The SMILES string of the molecule is CCNCC(C)C(=O)c1cc2cccc(Cl)c2o1. The summed E-state index contributed by atoms with van der Waals surface area (Å²) in [7, 11) is 0. The average molecular weight is 266 g/mol. The van der Waals surface area contributed by atoms with Crippen LogP contribution >= 0.6 is 11.6 Å². The van der Waals surface area contributed by atoms with Gasteiger partial charge in [0.1, 0.15) is 0 Å². The van der Waals surface area contributed by atoms with Gasteiger partial charge in [-0.2, -0.15) is 0 Å². The maximum Gasteiger partial charge on any atom is 0.202 e. The van der Waals surface area contributed by atoms with Gasteiger partial charge in [-0.1, -0.05) is 37.6 Å². The fourth-order valence-electron chi connectivity index (χ4n) is 1.85. The number of furan rings is 1. The topological polar surface area (TPSA) is 42.2 Å². The van der Waals surface area contributed by atoms with Gasteiger partial charge in [-0.05, 0) is 18.7 Å². The van der Waals surface area contributed by atoms with E-state index in [1.165, 1.54) is 0 Å². The molecular weight excluding hydrogens is 250 g/mol. The Balaban J connectivity index is 2.25. The number of Topliss-reactive ketones (excluding diaryl/α,β-unsaturated/α-hetero) is 1. The Morgan fingerprint density at radius 2 is 2.28 bits per heavy atom. The molecule has 1 unspecified atom stereocenters. The molecule has 0 aliphatic carbocycles. The predicted octanol–water partition coefficient (Wildman–Crippen LogP) is 3.51. The third-order valence-electron chi connectivity index (χ3n) is 2.89. The zero-order chi connectivity index (χ0) is 13.1. The van der Waals surface area contributed by atoms with Crippen LogP contribution in [0.3, 0.4) is 0 Å². The van der Waals surface area contributed by atoms with Crippen LogP contribution in [0.5, 0.6) is 0 Å². The molecule has 3 nitrogen and oxygen atoms in total. The summed E-state index contributed by atoms with van der Waals surface area (Å²) in [5.74, 6) is 0.274. The van der Waals surface area contributed by atoms with Crippen LogP contribution in [-0.2, 0) is 0 Å². The summed E-state index contributed by atoms with van der Waals surface area (Å²) >= 11 is 6.02. The number of halogens is 1. The highest BCUT2D eigenvalue weighted by molar-refractivity contribution is 6.34. The van der Waals surface area contributed by atoms with E-state index in [1.54, 1.807) is 12.1 Å². The van der Waals surface area contributed by atoms with E-state index in [0.29, 0.717) is 22.9 Å². The minimum absolute atomic E-state index is 0.00298. The third-order valence-corrected chi connectivity index (χ3v) is 3.18. The van der Waals surface area contributed by atoms with Crippen LogP contribution in [0.15, 0.2) is 28.7 Å². The lowest BCUT2D eigenvalue weighted by Crippen LogP contribution is -2.26. The van der Waals surface area contributed by atoms with E-state index < -0.39 is 0 Å². The normalized spacial score (nSPS) is 12.8. The minimum atomic E-state index is -0.107. The number of ketones is 1. The highest BCUT2D eigenvalue weighted by Gasteiger charge is 2.19. The summed E-state index contributed by atoms with van der Waals surface area (Å²) < 4.78 is 5.55. The molecule has 0 fully saturated rings. The molecule has 96 valence electrons. The Morgan fingerprint density at radius 3 is 2.94 bits per heavy atom.